The van der Waals surface area contributed by atoms with Crippen molar-refractivity contribution >= 4 is 65.6 Å². The van der Waals surface area contributed by atoms with Crippen LogP contribution in [0.25, 0.3) is 99.2 Å². The highest BCUT2D eigenvalue weighted by atomic mass is 16.3. The van der Waals surface area contributed by atoms with Crippen molar-refractivity contribution in [3.63, 3.8) is 0 Å². The van der Waals surface area contributed by atoms with Crippen molar-refractivity contribution in [2.75, 3.05) is 0 Å². The largest absolute Gasteiger partial charge is 0.456 e. The van der Waals surface area contributed by atoms with Gasteiger partial charge in [-0.15, -0.1) is 0 Å². The van der Waals surface area contributed by atoms with E-state index < -0.39 is 0 Å². The van der Waals surface area contributed by atoms with Crippen LogP contribution in [-0.2, 0) is 0 Å². The Hall–Kier alpha value is -6.84. The predicted octanol–water partition coefficient (Wildman–Crippen LogP) is 13.1. The summed E-state index contributed by atoms with van der Waals surface area (Å²) in [6, 6.07) is 65.6. The van der Waals surface area contributed by atoms with Gasteiger partial charge in [0.1, 0.15) is 11.2 Å². The second-order valence-corrected chi connectivity index (χ2v) is 13.3. The molecule has 3 nitrogen and oxygen atoms in total. The lowest BCUT2D eigenvalue weighted by atomic mass is 9.90. The quantitative estimate of drug-likeness (QED) is 0.186. The van der Waals surface area contributed by atoms with E-state index in [4.69, 9.17) is 4.42 Å². The predicted molar refractivity (Wildman–Crippen MR) is 213 cm³/mol. The summed E-state index contributed by atoms with van der Waals surface area (Å²) in [7, 11) is 0. The monoisotopic (exact) mass is 650 g/mol. The molecule has 11 aromatic rings. The molecular weight excluding hydrogens is 621 g/mol. The molecule has 0 saturated heterocycles. The van der Waals surface area contributed by atoms with E-state index in [1.165, 1.54) is 65.9 Å². The molecule has 11 rings (SSSR count). The van der Waals surface area contributed by atoms with Gasteiger partial charge in [-0.25, -0.2) is 0 Å². The minimum atomic E-state index is 0.899. The van der Waals surface area contributed by atoms with Crippen LogP contribution in [0, 0.1) is 0 Å². The van der Waals surface area contributed by atoms with Gasteiger partial charge in [0, 0.05) is 43.7 Å². The Bertz CT molecular complexity index is 3130. The highest BCUT2D eigenvalue weighted by Crippen LogP contribution is 2.45. The van der Waals surface area contributed by atoms with E-state index in [1.807, 2.05) is 12.1 Å². The van der Waals surface area contributed by atoms with Crippen LogP contribution >= 0.6 is 0 Å². The van der Waals surface area contributed by atoms with Gasteiger partial charge in [0.25, 0.3) is 0 Å². The number of aromatic nitrogens is 2. The van der Waals surface area contributed by atoms with Crippen molar-refractivity contribution in [1.82, 2.24) is 9.13 Å². The van der Waals surface area contributed by atoms with E-state index in [-0.39, 0.29) is 0 Å². The summed E-state index contributed by atoms with van der Waals surface area (Å²) in [6.45, 7) is 0. The molecule has 8 aromatic carbocycles. The molecule has 0 unspecified atom stereocenters. The Labute approximate surface area is 293 Å². The summed E-state index contributed by atoms with van der Waals surface area (Å²) in [5.41, 5.74) is 13.6. The first kappa shape index (κ1) is 28.0. The number of para-hydroxylation sites is 4. The van der Waals surface area contributed by atoms with E-state index >= 15 is 0 Å². The van der Waals surface area contributed by atoms with Crippen LogP contribution in [0.15, 0.2) is 186 Å². The molecule has 0 amide bonds. The van der Waals surface area contributed by atoms with Crippen LogP contribution in [0.4, 0.5) is 0 Å². The number of benzene rings is 8. The van der Waals surface area contributed by atoms with Crippen molar-refractivity contribution in [3.05, 3.63) is 182 Å². The number of rotatable bonds is 4. The Morgan fingerprint density at radius 2 is 0.941 bits per heavy atom. The van der Waals surface area contributed by atoms with Crippen molar-refractivity contribution < 1.29 is 4.42 Å². The Kier molecular flexibility index (Phi) is 5.96. The fourth-order valence-electron chi connectivity index (χ4n) is 8.32. The first-order valence-corrected chi connectivity index (χ1v) is 17.4. The fraction of sp³-hybridized carbons (Fsp3) is 0. The summed E-state index contributed by atoms with van der Waals surface area (Å²) < 4.78 is 11.0. The molecule has 3 heterocycles. The Balaban J connectivity index is 1.25. The first-order chi connectivity index (χ1) is 25.3. The molecule has 0 spiro atoms. The normalized spacial score (nSPS) is 11.9. The molecule has 0 fully saturated rings. The Morgan fingerprint density at radius 1 is 0.314 bits per heavy atom. The molecule has 0 aliphatic heterocycles. The molecule has 0 N–H and O–H groups in total. The van der Waals surface area contributed by atoms with Gasteiger partial charge in [-0.05, 0) is 89.0 Å². The zero-order valence-electron chi connectivity index (χ0n) is 27.6. The highest BCUT2D eigenvalue weighted by Gasteiger charge is 2.22. The maximum absolute atomic E-state index is 6.22. The van der Waals surface area contributed by atoms with E-state index in [0.717, 1.165) is 33.3 Å². The molecule has 3 heteroatoms. The third-order valence-electron chi connectivity index (χ3n) is 10.5. The van der Waals surface area contributed by atoms with Crippen LogP contribution < -0.4 is 0 Å². The number of hydrogen-bond acceptors (Lipinski definition) is 1. The minimum absolute atomic E-state index is 0.899. The fourth-order valence-corrected chi connectivity index (χ4v) is 8.32. The van der Waals surface area contributed by atoms with Gasteiger partial charge >= 0.3 is 0 Å². The summed E-state index contributed by atoms with van der Waals surface area (Å²) in [5, 5.41) is 7.21. The SMILES string of the molecule is c1ccc(-c2cc3c4ccccc4n(-c4ccccc4)c3cc2-c2cccc3c2c2ccccc2n3-c2ccc3oc4ccccc4c3c2)cc1. The van der Waals surface area contributed by atoms with Crippen LogP contribution in [0.2, 0.25) is 0 Å². The van der Waals surface area contributed by atoms with Gasteiger partial charge in [-0.1, -0.05) is 115 Å². The first-order valence-electron chi connectivity index (χ1n) is 17.4. The minimum Gasteiger partial charge on any atom is -0.456 e. The third-order valence-corrected chi connectivity index (χ3v) is 10.5. The average Bonchev–Trinajstić information content (AvgIpc) is 3.85. The number of furan rings is 1. The maximum Gasteiger partial charge on any atom is 0.135 e. The summed E-state index contributed by atoms with van der Waals surface area (Å²) >= 11 is 0. The van der Waals surface area contributed by atoms with Crippen molar-refractivity contribution in [1.29, 1.82) is 0 Å². The molecular formula is C48H30N2O. The van der Waals surface area contributed by atoms with Gasteiger partial charge in [0.05, 0.1) is 22.1 Å². The number of fused-ring (bicyclic) bond motifs is 9. The lowest BCUT2D eigenvalue weighted by Gasteiger charge is -2.15. The molecule has 0 aliphatic carbocycles. The third kappa shape index (κ3) is 4.12. The zero-order chi connectivity index (χ0) is 33.5. The molecule has 238 valence electrons. The van der Waals surface area contributed by atoms with E-state index in [9.17, 15) is 0 Å². The van der Waals surface area contributed by atoms with Gasteiger partial charge in [-0.2, -0.15) is 0 Å². The number of nitrogens with zero attached hydrogens (tertiary/aromatic N) is 2. The van der Waals surface area contributed by atoms with Crippen LogP contribution in [0.5, 0.6) is 0 Å². The van der Waals surface area contributed by atoms with Crippen LogP contribution in [0.1, 0.15) is 0 Å². The smallest absolute Gasteiger partial charge is 0.135 e. The van der Waals surface area contributed by atoms with E-state index in [0.29, 0.717) is 0 Å². The molecule has 0 aliphatic rings. The van der Waals surface area contributed by atoms with Gasteiger partial charge in [-0.3, -0.25) is 0 Å². The topological polar surface area (TPSA) is 23.0 Å². The molecule has 0 saturated carbocycles. The molecule has 0 radical (unpaired) electrons. The Morgan fingerprint density at radius 3 is 1.76 bits per heavy atom. The number of hydrogen-bond donors (Lipinski definition) is 0. The second-order valence-electron chi connectivity index (χ2n) is 13.3. The van der Waals surface area contributed by atoms with Gasteiger partial charge in [0.2, 0.25) is 0 Å². The lowest BCUT2D eigenvalue weighted by molar-refractivity contribution is 0.669. The summed E-state index contributed by atoms with van der Waals surface area (Å²) in [5.74, 6) is 0. The standard InChI is InChI=1S/C48H30N2O/c1-3-14-31(15-4-1)38-29-40-34-18-7-10-22-42(34)49(32-16-5-2-6-17-32)45(40)30-39(38)36-21-13-24-44-48(36)37-20-8-11-23-43(37)50(44)33-26-27-47-41(28-33)35-19-9-12-25-46(35)51-47/h1-30H. The van der Waals surface area contributed by atoms with Crippen molar-refractivity contribution in [3.8, 4) is 33.6 Å². The van der Waals surface area contributed by atoms with Crippen LogP contribution in [0.3, 0.4) is 0 Å². The zero-order valence-corrected chi connectivity index (χ0v) is 27.6. The van der Waals surface area contributed by atoms with E-state index in [2.05, 4.69) is 179 Å². The van der Waals surface area contributed by atoms with E-state index in [1.54, 1.807) is 0 Å². The van der Waals surface area contributed by atoms with Crippen molar-refractivity contribution in [2.45, 2.75) is 0 Å². The molecule has 3 aromatic heterocycles. The van der Waals surface area contributed by atoms with Gasteiger partial charge < -0.3 is 13.6 Å². The molecule has 51 heavy (non-hydrogen) atoms. The highest BCUT2D eigenvalue weighted by molar-refractivity contribution is 6.19. The maximum atomic E-state index is 6.22. The summed E-state index contributed by atoms with van der Waals surface area (Å²) in [6.07, 6.45) is 0. The second kappa shape index (κ2) is 10.8. The van der Waals surface area contributed by atoms with Crippen molar-refractivity contribution in [2.24, 2.45) is 0 Å². The lowest BCUT2D eigenvalue weighted by Crippen LogP contribution is -1.95. The summed E-state index contributed by atoms with van der Waals surface area (Å²) in [4.78, 5) is 0. The van der Waals surface area contributed by atoms with Gasteiger partial charge in [0.15, 0.2) is 0 Å². The molecule has 0 bridgehead atoms. The molecule has 0 atom stereocenters. The van der Waals surface area contributed by atoms with Crippen LogP contribution in [-0.4, -0.2) is 9.13 Å². The average molecular weight is 651 g/mol.